The van der Waals surface area contributed by atoms with Crippen LogP contribution in [-0.2, 0) is 0 Å². The maximum atomic E-state index is 11.8. The molecule has 0 aliphatic rings. The fraction of sp³-hybridized carbons (Fsp3) is 0. The average molecular weight is 250 g/mol. The molecule has 0 nitrogen and oxygen atoms in total. The molecule has 0 spiro atoms. The van der Waals surface area contributed by atoms with E-state index in [1.54, 1.807) is 24.3 Å². The van der Waals surface area contributed by atoms with Crippen molar-refractivity contribution in [3.63, 3.8) is 0 Å². The first-order chi connectivity index (χ1) is 5.97. The van der Waals surface area contributed by atoms with E-state index in [2.05, 4.69) is 15.9 Å². The van der Waals surface area contributed by atoms with Crippen molar-refractivity contribution < 1.29 is 12.9 Å². The van der Waals surface area contributed by atoms with Gasteiger partial charge in [-0.15, -0.1) is 5.98 Å². The van der Waals surface area contributed by atoms with E-state index < -0.39 is 6.98 Å². The lowest BCUT2D eigenvalue weighted by Crippen LogP contribution is -2.09. The van der Waals surface area contributed by atoms with Gasteiger partial charge in [0.05, 0.1) is 0 Å². The van der Waals surface area contributed by atoms with Gasteiger partial charge in [-0.25, -0.2) is 0 Å². The van der Waals surface area contributed by atoms with Crippen LogP contribution in [0.25, 0.3) is 6.08 Å². The van der Waals surface area contributed by atoms with Crippen molar-refractivity contribution in [3.8, 4) is 0 Å². The van der Waals surface area contributed by atoms with Gasteiger partial charge in [-0.1, -0.05) is 34.1 Å². The third-order valence-corrected chi connectivity index (χ3v) is 1.91. The van der Waals surface area contributed by atoms with E-state index in [9.17, 15) is 12.9 Å². The molecule has 0 unspecified atom stereocenters. The Morgan fingerprint density at radius 1 is 1.08 bits per heavy atom. The molecule has 0 atom stereocenters. The fourth-order valence-electron chi connectivity index (χ4n) is 0.794. The summed E-state index contributed by atoms with van der Waals surface area (Å²) in [4.78, 5) is 0. The van der Waals surface area contributed by atoms with Crippen LogP contribution < -0.4 is 0 Å². The number of benzene rings is 1. The van der Waals surface area contributed by atoms with Gasteiger partial charge in [-0.3, -0.25) is 0 Å². The van der Waals surface area contributed by atoms with E-state index in [1.807, 2.05) is 0 Å². The van der Waals surface area contributed by atoms with Gasteiger partial charge in [-0.2, -0.15) is 0 Å². The highest BCUT2D eigenvalue weighted by Gasteiger charge is 2.16. The van der Waals surface area contributed by atoms with Gasteiger partial charge in [0, 0.05) is 4.47 Å². The van der Waals surface area contributed by atoms with Crippen LogP contribution in [0.5, 0.6) is 0 Å². The molecule has 0 aliphatic heterocycles. The molecular weight excluding hydrogens is 244 g/mol. The Bertz CT molecular complexity index is 302. The summed E-state index contributed by atoms with van der Waals surface area (Å²) < 4.78 is 36.2. The zero-order valence-corrected chi connectivity index (χ0v) is 8.14. The van der Waals surface area contributed by atoms with E-state index in [0.29, 0.717) is 5.56 Å². The molecule has 0 aromatic heterocycles. The second-order valence-corrected chi connectivity index (χ2v) is 3.45. The SMILES string of the molecule is F[B-](F)(F)/C=C/c1ccc(Br)cc1. The van der Waals surface area contributed by atoms with Crippen LogP contribution in [0.2, 0.25) is 0 Å². The monoisotopic (exact) mass is 249 g/mol. The Kier molecular flexibility index (Phi) is 3.19. The highest BCUT2D eigenvalue weighted by atomic mass is 79.9. The van der Waals surface area contributed by atoms with E-state index in [4.69, 9.17) is 0 Å². The minimum Gasteiger partial charge on any atom is -0.445 e. The third kappa shape index (κ3) is 4.17. The molecular formula is C8H6BBrF3-. The molecule has 1 rings (SSSR count). The first kappa shape index (κ1) is 10.4. The zero-order valence-electron chi connectivity index (χ0n) is 6.55. The van der Waals surface area contributed by atoms with Crippen LogP contribution in [0.4, 0.5) is 12.9 Å². The Labute approximate surface area is 82.6 Å². The zero-order chi connectivity index (χ0) is 9.90. The highest BCUT2D eigenvalue weighted by Crippen LogP contribution is 2.15. The predicted molar refractivity (Wildman–Crippen MR) is 52.3 cm³/mol. The van der Waals surface area contributed by atoms with Crippen LogP contribution in [0.1, 0.15) is 5.56 Å². The summed E-state index contributed by atoms with van der Waals surface area (Å²) in [5.74, 6) is 0.281. The first-order valence-electron chi connectivity index (χ1n) is 3.62. The quantitative estimate of drug-likeness (QED) is 0.699. The predicted octanol–water partition coefficient (Wildman–Crippen LogP) is 3.85. The standard InChI is InChI=1S/C8H6BBrF3/c10-8-3-1-7(2-4-8)5-6-9(11,12)13/h1-6H/q-1/b6-5+. The summed E-state index contributed by atoms with van der Waals surface area (Å²) in [6.07, 6.45) is 1.06. The lowest BCUT2D eigenvalue weighted by atomic mass is 9.91. The Hall–Kier alpha value is -0.705. The molecule has 70 valence electrons. The van der Waals surface area contributed by atoms with Gasteiger partial charge < -0.3 is 12.9 Å². The van der Waals surface area contributed by atoms with Gasteiger partial charge in [0.25, 0.3) is 0 Å². The minimum absolute atomic E-state index is 0.281. The Balaban J connectivity index is 2.75. The summed E-state index contributed by atoms with van der Waals surface area (Å²) in [5.41, 5.74) is 0.544. The normalized spacial score (nSPS) is 12.3. The molecule has 0 saturated carbocycles. The van der Waals surface area contributed by atoms with Crippen LogP contribution in [-0.4, -0.2) is 6.98 Å². The largest absolute Gasteiger partial charge is 0.502 e. The molecule has 0 fully saturated rings. The summed E-state index contributed by atoms with van der Waals surface area (Å²) in [6.45, 7) is -4.83. The molecule has 0 N–H and O–H groups in total. The lowest BCUT2D eigenvalue weighted by molar-refractivity contribution is 0.499. The van der Waals surface area contributed by atoms with E-state index in [1.165, 1.54) is 0 Å². The van der Waals surface area contributed by atoms with Crippen molar-refractivity contribution in [2.75, 3.05) is 0 Å². The van der Waals surface area contributed by atoms with E-state index in [0.717, 1.165) is 10.5 Å². The number of halogens is 4. The average Bonchev–Trinajstić information content (AvgIpc) is 2.02. The fourth-order valence-corrected chi connectivity index (χ4v) is 1.06. The number of hydrogen-bond donors (Lipinski definition) is 0. The van der Waals surface area contributed by atoms with Crippen LogP contribution in [0.3, 0.4) is 0 Å². The van der Waals surface area contributed by atoms with Crippen LogP contribution in [0, 0.1) is 0 Å². The minimum atomic E-state index is -4.83. The molecule has 0 aliphatic carbocycles. The molecule has 0 amide bonds. The molecule has 5 heteroatoms. The van der Waals surface area contributed by atoms with E-state index in [-0.39, 0.29) is 5.98 Å². The summed E-state index contributed by atoms with van der Waals surface area (Å²) in [6, 6.07) is 6.62. The summed E-state index contributed by atoms with van der Waals surface area (Å²) in [5, 5.41) is 0. The molecule has 0 bridgehead atoms. The third-order valence-electron chi connectivity index (χ3n) is 1.38. The van der Waals surface area contributed by atoms with Gasteiger partial charge >= 0.3 is 6.98 Å². The van der Waals surface area contributed by atoms with Crippen LogP contribution >= 0.6 is 15.9 Å². The smallest absolute Gasteiger partial charge is 0.445 e. The molecule has 1 aromatic carbocycles. The maximum absolute atomic E-state index is 11.8. The van der Waals surface area contributed by atoms with Crippen LogP contribution in [0.15, 0.2) is 34.7 Å². The number of hydrogen-bond acceptors (Lipinski definition) is 0. The summed E-state index contributed by atoms with van der Waals surface area (Å²) in [7, 11) is 0. The van der Waals surface area contributed by atoms with Gasteiger partial charge in [0.1, 0.15) is 0 Å². The molecule has 0 saturated heterocycles. The molecule has 0 radical (unpaired) electrons. The van der Waals surface area contributed by atoms with Crippen molar-refractivity contribution in [2.45, 2.75) is 0 Å². The van der Waals surface area contributed by atoms with Crippen molar-refractivity contribution in [1.82, 2.24) is 0 Å². The Morgan fingerprint density at radius 3 is 2.08 bits per heavy atom. The van der Waals surface area contributed by atoms with Gasteiger partial charge in [-0.05, 0) is 17.7 Å². The Morgan fingerprint density at radius 2 is 1.62 bits per heavy atom. The van der Waals surface area contributed by atoms with Crippen molar-refractivity contribution in [1.29, 1.82) is 0 Å². The molecule has 1 aromatic rings. The molecule has 13 heavy (non-hydrogen) atoms. The van der Waals surface area contributed by atoms with Crippen molar-refractivity contribution >= 4 is 29.0 Å². The van der Waals surface area contributed by atoms with Gasteiger partial charge in [0.2, 0.25) is 0 Å². The maximum Gasteiger partial charge on any atom is 0.502 e. The number of rotatable bonds is 2. The topological polar surface area (TPSA) is 0 Å². The van der Waals surface area contributed by atoms with Crippen molar-refractivity contribution in [2.24, 2.45) is 0 Å². The van der Waals surface area contributed by atoms with E-state index >= 15 is 0 Å². The second-order valence-electron chi connectivity index (χ2n) is 2.54. The highest BCUT2D eigenvalue weighted by molar-refractivity contribution is 9.10. The van der Waals surface area contributed by atoms with Crippen molar-refractivity contribution in [3.05, 3.63) is 40.3 Å². The summed E-state index contributed by atoms with van der Waals surface area (Å²) >= 11 is 3.19. The second kappa shape index (κ2) is 4.00. The molecule has 0 heterocycles. The first-order valence-corrected chi connectivity index (χ1v) is 4.41. The lowest BCUT2D eigenvalue weighted by Gasteiger charge is -2.05. The van der Waals surface area contributed by atoms with Gasteiger partial charge in [0.15, 0.2) is 0 Å².